The molecule has 2 heterocycles. The zero-order valence-electron chi connectivity index (χ0n) is 11.9. The zero-order valence-corrected chi connectivity index (χ0v) is 12.7. The Hall–Kier alpha value is -2.14. The van der Waals surface area contributed by atoms with Crippen LogP contribution in [0.3, 0.4) is 0 Å². The summed E-state index contributed by atoms with van der Waals surface area (Å²) in [6, 6.07) is 13.9. The summed E-state index contributed by atoms with van der Waals surface area (Å²) in [4.78, 5) is 20.6. The first-order chi connectivity index (χ1) is 10.1. The van der Waals surface area contributed by atoms with Crippen LogP contribution < -0.4 is 5.69 Å². The van der Waals surface area contributed by atoms with Gasteiger partial charge in [-0.05, 0) is 37.1 Å². The van der Waals surface area contributed by atoms with Crippen LogP contribution in [0.25, 0.3) is 5.65 Å². The molecule has 0 aliphatic carbocycles. The van der Waals surface area contributed by atoms with Gasteiger partial charge in [0, 0.05) is 11.4 Å². The molecule has 0 fully saturated rings. The molecule has 0 amide bonds. The maximum Gasteiger partial charge on any atom is 0.355 e. The van der Waals surface area contributed by atoms with Crippen molar-refractivity contribution in [2.24, 2.45) is 0 Å². The maximum atomic E-state index is 12.0. The van der Waals surface area contributed by atoms with E-state index in [1.165, 1.54) is 21.7 Å². The highest BCUT2D eigenvalue weighted by atomic mass is 32.2. The van der Waals surface area contributed by atoms with Gasteiger partial charge in [0.25, 0.3) is 0 Å². The minimum Gasteiger partial charge on any atom is -0.251 e. The molecular formula is C16H15N3OS. The summed E-state index contributed by atoms with van der Waals surface area (Å²) in [6.07, 6.45) is 1.71. The molecule has 0 aliphatic heterocycles. The Kier molecular flexibility index (Phi) is 3.75. The third-order valence-corrected chi connectivity index (χ3v) is 4.27. The lowest BCUT2D eigenvalue weighted by atomic mass is 10.2. The van der Waals surface area contributed by atoms with Crippen molar-refractivity contribution in [2.45, 2.75) is 24.3 Å². The van der Waals surface area contributed by atoms with Crippen molar-refractivity contribution in [1.29, 1.82) is 0 Å². The Morgan fingerprint density at radius 3 is 2.67 bits per heavy atom. The lowest BCUT2D eigenvalue weighted by Gasteiger charge is -2.10. The first-order valence-corrected chi connectivity index (χ1v) is 7.60. The largest absolute Gasteiger partial charge is 0.355 e. The van der Waals surface area contributed by atoms with E-state index in [9.17, 15) is 4.79 Å². The Balaban J connectivity index is 1.96. The molecule has 1 unspecified atom stereocenters. The molecule has 0 aliphatic rings. The van der Waals surface area contributed by atoms with E-state index in [1.54, 1.807) is 6.20 Å². The van der Waals surface area contributed by atoms with Crippen LogP contribution in [-0.4, -0.2) is 14.4 Å². The summed E-state index contributed by atoms with van der Waals surface area (Å²) in [7, 11) is 0. The van der Waals surface area contributed by atoms with Gasteiger partial charge in [0.2, 0.25) is 0 Å². The second-order valence-corrected chi connectivity index (χ2v) is 6.20. The van der Waals surface area contributed by atoms with Gasteiger partial charge in [-0.15, -0.1) is 0 Å². The van der Waals surface area contributed by atoms with E-state index < -0.39 is 0 Å². The van der Waals surface area contributed by atoms with Crippen molar-refractivity contribution in [3.8, 4) is 0 Å². The average Bonchev–Trinajstić information content (AvgIpc) is 2.47. The molecule has 106 valence electrons. The molecule has 0 bridgehead atoms. The Morgan fingerprint density at radius 2 is 1.90 bits per heavy atom. The monoisotopic (exact) mass is 297 g/mol. The maximum absolute atomic E-state index is 12.0. The van der Waals surface area contributed by atoms with Crippen LogP contribution in [0.5, 0.6) is 0 Å². The second-order valence-electron chi connectivity index (χ2n) is 4.89. The van der Waals surface area contributed by atoms with Crippen LogP contribution in [0, 0.1) is 6.92 Å². The van der Waals surface area contributed by atoms with Gasteiger partial charge in [0.15, 0.2) is 5.16 Å². The lowest BCUT2D eigenvalue weighted by Crippen LogP contribution is -2.19. The Morgan fingerprint density at radius 1 is 1.14 bits per heavy atom. The second kappa shape index (κ2) is 5.69. The van der Waals surface area contributed by atoms with Crippen molar-refractivity contribution < 1.29 is 0 Å². The summed E-state index contributed by atoms with van der Waals surface area (Å²) < 4.78 is 1.46. The normalized spacial score (nSPS) is 12.5. The van der Waals surface area contributed by atoms with Gasteiger partial charge in [-0.3, -0.25) is 4.40 Å². The first kappa shape index (κ1) is 13.8. The van der Waals surface area contributed by atoms with E-state index in [-0.39, 0.29) is 10.9 Å². The number of aromatic nitrogens is 3. The van der Waals surface area contributed by atoms with Crippen LogP contribution in [-0.2, 0) is 0 Å². The molecule has 0 N–H and O–H groups in total. The summed E-state index contributed by atoms with van der Waals surface area (Å²) in [6.45, 7) is 4.06. The van der Waals surface area contributed by atoms with E-state index >= 15 is 0 Å². The van der Waals surface area contributed by atoms with Crippen molar-refractivity contribution in [2.75, 3.05) is 0 Å². The number of pyridine rings is 1. The van der Waals surface area contributed by atoms with Crippen LogP contribution in [0.15, 0.2) is 58.6 Å². The molecule has 5 heteroatoms. The Bertz CT molecular complexity index is 830. The lowest BCUT2D eigenvalue weighted by molar-refractivity contribution is 0.841. The van der Waals surface area contributed by atoms with Crippen molar-refractivity contribution in [3.05, 3.63) is 70.3 Å². The molecule has 0 radical (unpaired) electrons. The molecule has 4 nitrogen and oxygen atoms in total. The number of nitrogens with zero attached hydrogens (tertiary/aromatic N) is 3. The third-order valence-electron chi connectivity index (χ3n) is 3.25. The van der Waals surface area contributed by atoms with Gasteiger partial charge in [0.1, 0.15) is 5.65 Å². The van der Waals surface area contributed by atoms with Gasteiger partial charge in [0.05, 0.1) is 0 Å². The fourth-order valence-corrected chi connectivity index (χ4v) is 2.99. The average molecular weight is 297 g/mol. The van der Waals surface area contributed by atoms with Crippen molar-refractivity contribution >= 4 is 17.4 Å². The zero-order chi connectivity index (χ0) is 14.8. The SMILES string of the molecule is Cc1ccn2c(=O)nc(SC(C)c3ccccc3)nc2c1. The van der Waals surface area contributed by atoms with Crippen LogP contribution in [0.2, 0.25) is 0 Å². The highest BCUT2D eigenvalue weighted by Crippen LogP contribution is 2.31. The Labute approximate surface area is 126 Å². The van der Waals surface area contributed by atoms with E-state index in [2.05, 4.69) is 29.0 Å². The van der Waals surface area contributed by atoms with Gasteiger partial charge in [-0.1, -0.05) is 42.1 Å². The fourth-order valence-electron chi connectivity index (χ4n) is 2.10. The molecule has 2 aromatic heterocycles. The number of thioether (sulfide) groups is 1. The number of fused-ring (bicyclic) bond motifs is 1. The molecule has 0 spiro atoms. The fraction of sp³-hybridized carbons (Fsp3) is 0.188. The molecule has 1 aromatic carbocycles. The van der Waals surface area contributed by atoms with Crippen molar-refractivity contribution in [3.63, 3.8) is 0 Å². The summed E-state index contributed by atoms with van der Waals surface area (Å²) in [5.41, 5.74) is 2.61. The molecule has 3 rings (SSSR count). The van der Waals surface area contributed by atoms with Crippen LogP contribution in [0.4, 0.5) is 0 Å². The van der Waals surface area contributed by atoms with Crippen LogP contribution >= 0.6 is 11.8 Å². The number of benzene rings is 1. The van der Waals surface area contributed by atoms with Gasteiger partial charge in [-0.2, -0.15) is 4.98 Å². The molecule has 0 saturated heterocycles. The van der Waals surface area contributed by atoms with E-state index in [0.717, 1.165) is 5.56 Å². The predicted octanol–water partition coefficient (Wildman–Crippen LogP) is 3.25. The summed E-state index contributed by atoms with van der Waals surface area (Å²) in [5, 5.41) is 0.708. The molecule has 3 aromatic rings. The number of aryl methyl sites for hydroxylation is 1. The third kappa shape index (κ3) is 2.97. The smallest absolute Gasteiger partial charge is 0.251 e. The minimum absolute atomic E-state index is 0.192. The quantitative estimate of drug-likeness (QED) is 0.696. The highest BCUT2D eigenvalue weighted by Gasteiger charge is 2.11. The number of hydrogen-bond donors (Lipinski definition) is 0. The molecule has 21 heavy (non-hydrogen) atoms. The predicted molar refractivity (Wildman–Crippen MR) is 84.7 cm³/mol. The highest BCUT2D eigenvalue weighted by molar-refractivity contribution is 7.99. The van der Waals surface area contributed by atoms with Crippen LogP contribution in [0.1, 0.15) is 23.3 Å². The van der Waals surface area contributed by atoms with E-state index in [0.29, 0.717) is 10.8 Å². The van der Waals surface area contributed by atoms with Gasteiger partial charge in [-0.25, -0.2) is 9.78 Å². The van der Waals surface area contributed by atoms with Gasteiger partial charge >= 0.3 is 5.69 Å². The summed E-state index contributed by atoms with van der Waals surface area (Å²) in [5.74, 6) is 0. The molecule has 0 saturated carbocycles. The van der Waals surface area contributed by atoms with Crippen molar-refractivity contribution in [1.82, 2.24) is 14.4 Å². The topological polar surface area (TPSA) is 47.3 Å². The summed E-state index contributed by atoms with van der Waals surface area (Å²) >= 11 is 1.50. The minimum atomic E-state index is -0.289. The van der Waals surface area contributed by atoms with E-state index in [4.69, 9.17) is 0 Å². The molecular weight excluding hydrogens is 282 g/mol. The van der Waals surface area contributed by atoms with E-state index in [1.807, 2.05) is 37.3 Å². The first-order valence-electron chi connectivity index (χ1n) is 6.72. The number of hydrogen-bond acceptors (Lipinski definition) is 4. The van der Waals surface area contributed by atoms with Gasteiger partial charge < -0.3 is 0 Å². The molecule has 1 atom stereocenters. The number of rotatable bonds is 3. The standard InChI is InChI=1S/C16H15N3OS/c1-11-8-9-19-14(10-11)17-15(18-16(19)20)21-12(2)13-6-4-3-5-7-13/h3-10,12H,1-2H3.